The van der Waals surface area contributed by atoms with E-state index in [2.05, 4.69) is 16.0 Å². The summed E-state index contributed by atoms with van der Waals surface area (Å²) >= 11 is 0. The van der Waals surface area contributed by atoms with E-state index in [9.17, 15) is 14.7 Å². The second-order valence-electron chi connectivity index (χ2n) is 8.70. The standard InChI is InChI=1S/C30H29N3O5/c1-20-15-24(32-30(36)37-19-23-11-7-4-8-12-23)16-21(2)28(20)38-25-13-14-27(34)26(17-25)33-29(35)31-18-22-9-5-3-6-10-22/h3-17,34H,18-19H2,1-2H3,(H,32,36)(H2,31,33,35). The summed E-state index contributed by atoms with van der Waals surface area (Å²) in [6.45, 7) is 4.24. The Bertz CT molecular complexity index is 1390. The molecule has 0 aliphatic rings. The molecular formula is C30H29N3O5. The number of aromatic hydroxyl groups is 1. The third-order valence-corrected chi connectivity index (χ3v) is 5.65. The highest BCUT2D eigenvalue weighted by molar-refractivity contribution is 5.91. The second-order valence-corrected chi connectivity index (χ2v) is 8.70. The van der Waals surface area contributed by atoms with Crippen molar-refractivity contribution in [3.05, 3.63) is 113 Å². The predicted octanol–water partition coefficient (Wildman–Crippen LogP) is 6.87. The van der Waals surface area contributed by atoms with Crippen molar-refractivity contribution in [2.24, 2.45) is 0 Å². The summed E-state index contributed by atoms with van der Waals surface area (Å²) in [5.74, 6) is 0.933. The van der Waals surface area contributed by atoms with Crippen LogP contribution >= 0.6 is 0 Å². The third kappa shape index (κ3) is 7.27. The number of benzene rings is 4. The molecule has 4 rings (SSSR count). The van der Waals surface area contributed by atoms with Gasteiger partial charge >= 0.3 is 12.1 Å². The van der Waals surface area contributed by atoms with E-state index in [1.165, 1.54) is 6.07 Å². The van der Waals surface area contributed by atoms with Crippen LogP contribution in [-0.2, 0) is 17.9 Å². The molecule has 4 aromatic carbocycles. The quantitative estimate of drug-likeness (QED) is 0.193. The van der Waals surface area contributed by atoms with E-state index in [1.54, 1.807) is 24.3 Å². The van der Waals surface area contributed by atoms with E-state index >= 15 is 0 Å². The van der Waals surface area contributed by atoms with Crippen LogP contribution in [0.25, 0.3) is 0 Å². The number of nitrogens with one attached hydrogen (secondary N) is 3. The Morgan fingerprint density at radius 2 is 1.42 bits per heavy atom. The van der Waals surface area contributed by atoms with E-state index in [0.717, 1.165) is 22.3 Å². The number of amides is 3. The van der Waals surface area contributed by atoms with Crippen molar-refractivity contribution in [2.75, 3.05) is 10.6 Å². The Balaban J connectivity index is 1.37. The molecule has 4 N–H and O–H groups in total. The molecule has 0 atom stereocenters. The first-order chi connectivity index (χ1) is 18.4. The van der Waals surface area contributed by atoms with Gasteiger partial charge < -0.3 is 25.2 Å². The molecule has 8 nitrogen and oxygen atoms in total. The molecule has 0 spiro atoms. The van der Waals surface area contributed by atoms with Gasteiger partial charge in [-0.3, -0.25) is 5.32 Å². The van der Waals surface area contributed by atoms with Crippen LogP contribution < -0.4 is 20.7 Å². The van der Waals surface area contributed by atoms with Crippen LogP contribution in [-0.4, -0.2) is 17.2 Å². The zero-order valence-corrected chi connectivity index (χ0v) is 21.2. The van der Waals surface area contributed by atoms with Gasteiger partial charge in [-0.25, -0.2) is 9.59 Å². The lowest BCUT2D eigenvalue weighted by Crippen LogP contribution is -2.28. The third-order valence-electron chi connectivity index (χ3n) is 5.65. The molecule has 0 fully saturated rings. The van der Waals surface area contributed by atoms with E-state index in [4.69, 9.17) is 9.47 Å². The van der Waals surface area contributed by atoms with E-state index in [-0.39, 0.29) is 18.0 Å². The number of urea groups is 1. The zero-order chi connectivity index (χ0) is 26.9. The summed E-state index contributed by atoms with van der Waals surface area (Å²) in [5, 5.41) is 18.4. The molecule has 0 heterocycles. The van der Waals surface area contributed by atoms with Crippen LogP contribution in [0.3, 0.4) is 0 Å². The minimum Gasteiger partial charge on any atom is -0.506 e. The van der Waals surface area contributed by atoms with Crippen molar-refractivity contribution in [1.82, 2.24) is 5.32 Å². The highest BCUT2D eigenvalue weighted by atomic mass is 16.5. The van der Waals surface area contributed by atoms with Crippen LogP contribution in [0.1, 0.15) is 22.3 Å². The smallest absolute Gasteiger partial charge is 0.411 e. The summed E-state index contributed by atoms with van der Waals surface area (Å²) < 4.78 is 11.4. The molecule has 0 radical (unpaired) electrons. The maximum Gasteiger partial charge on any atom is 0.411 e. The lowest BCUT2D eigenvalue weighted by Gasteiger charge is -2.16. The average Bonchev–Trinajstić information content (AvgIpc) is 2.91. The van der Waals surface area contributed by atoms with Crippen molar-refractivity contribution in [2.45, 2.75) is 27.0 Å². The molecule has 3 amide bonds. The number of phenols is 1. The maximum atomic E-state index is 12.3. The van der Waals surface area contributed by atoms with Crippen LogP contribution in [0.4, 0.5) is 21.0 Å². The summed E-state index contributed by atoms with van der Waals surface area (Å²) in [7, 11) is 0. The molecule has 0 aliphatic carbocycles. The first-order valence-corrected chi connectivity index (χ1v) is 12.1. The summed E-state index contributed by atoms with van der Waals surface area (Å²) in [6.07, 6.45) is -0.555. The summed E-state index contributed by atoms with van der Waals surface area (Å²) in [5.41, 5.74) is 4.21. The molecule has 0 aliphatic heterocycles. The maximum absolute atomic E-state index is 12.3. The van der Waals surface area contributed by atoms with Crippen LogP contribution in [0.5, 0.6) is 17.2 Å². The van der Waals surface area contributed by atoms with Gasteiger partial charge in [-0.1, -0.05) is 60.7 Å². The first-order valence-electron chi connectivity index (χ1n) is 12.1. The predicted molar refractivity (Wildman–Crippen MR) is 147 cm³/mol. The molecule has 4 aromatic rings. The van der Waals surface area contributed by atoms with Gasteiger partial charge in [-0.15, -0.1) is 0 Å². The summed E-state index contributed by atoms with van der Waals surface area (Å²) in [4.78, 5) is 24.6. The Labute approximate surface area is 221 Å². The zero-order valence-electron chi connectivity index (χ0n) is 21.2. The fourth-order valence-corrected chi connectivity index (χ4v) is 3.80. The number of aryl methyl sites for hydroxylation is 2. The minimum atomic E-state index is -0.555. The molecule has 0 bridgehead atoms. The highest BCUT2D eigenvalue weighted by Crippen LogP contribution is 2.35. The molecule has 0 unspecified atom stereocenters. The fraction of sp³-hybridized carbons (Fsp3) is 0.133. The largest absolute Gasteiger partial charge is 0.506 e. The van der Waals surface area contributed by atoms with Gasteiger partial charge in [0, 0.05) is 18.3 Å². The molecule has 194 valence electrons. The molecular weight excluding hydrogens is 482 g/mol. The number of carbonyl (C=O) groups is 2. The number of hydrogen-bond donors (Lipinski definition) is 4. The lowest BCUT2D eigenvalue weighted by molar-refractivity contribution is 0.155. The summed E-state index contributed by atoms with van der Waals surface area (Å²) in [6, 6.07) is 26.7. The lowest BCUT2D eigenvalue weighted by atomic mass is 10.1. The Kier molecular flexibility index (Phi) is 8.46. The molecule has 38 heavy (non-hydrogen) atoms. The van der Waals surface area contributed by atoms with E-state index in [0.29, 0.717) is 23.7 Å². The van der Waals surface area contributed by atoms with Crippen molar-refractivity contribution in [1.29, 1.82) is 0 Å². The van der Waals surface area contributed by atoms with Crippen molar-refractivity contribution in [3.8, 4) is 17.2 Å². The van der Waals surface area contributed by atoms with Crippen LogP contribution in [0.15, 0.2) is 91.0 Å². The van der Waals surface area contributed by atoms with Crippen molar-refractivity contribution < 1.29 is 24.2 Å². The molecule has 0 saturated heterocycles. The minimum absolute atomic E-state index is 0.0887. The average molecular weight is 512 g/mol. The van der Waals surface area contributed by atoms with Gasteiger partial charge in [0.05, 0.1) is 5.69 Å². The topological polar surface area (TPSA) is 109 Å². The van der Waals surface area contributed by atoms with Crippen molar-refractivity contribution >= 4 is 23.5 Å². The monoisotopic (exact) mass is 511 g/mol. The SMILES string of the molecule is Cc1cc(NC(=O)OCc2ccccc2)cc(C)c1Oc1ccc(O)c(NC(=O)NCc2ccccc2)c1. The number of anilines is 2. The van der Waals surface area contributed by atoms with Gasteiger partial charge in [0.15, 0.2) is 0 Å². The number of carbonyl (C=O) groups excluding carboxylic acids is 2. The van der Waals surface area contributed by atoms with Crippen LogP contribution in [0.2, 0.25) is 0 Å². The second kappa shape index (κ2) is 12.3. The fourth-order valence-electron chi connectivity index (χ4n) is 3.80. The van der Waals surface area contributed by atoms with Gasteiger partial charge in [-0.2, -0.15) is 0 Å². The van der Waals surface area contributed by atoms with Crippen LogP contribution in [0, 0.1) is 13.8 Å². The Morgan fingerprint density at radius 3 is 2.08 bits per heavy atom. The Hall–Kier alpha value is -4.98. The van der Waals surface area contributed by atoms with Gasteiger partial charge in [-0.05, 0) is 60.4 Å². The first kappa shape index (κ1) is 26.1. The number of phenolic OH excluding ortho intramolecular Hbond substituents is 1. The molecule has 8 heteroatoms. The number of ether oxygens (including phenoxy) is 2. The number of rotatable bonds is 8. The molecule has 0 aromatic heterocycles. The molecule has 0 saturated carbocycles. The van der Waals surface area contributed by atoms with Gasteiger partial charge in [0.2, 0.25) is 0 Å². The normalized spacial score (nSPS) is 10.4. The van der Waals surface area contributed by atoms with Gasteiger partial charge in [0.1, 0.15) is 23.9 Å². The highest BCUT2D eigenvalue weighted by Gasteiger charge is 2.13. The van der Waals surface area contributed by atoms with Gasteiger partial charge in [0.25, 0.3) is 0 Å². The Morgan fingerprint density at radius 1 is 0.789 bits per heavy atom. The van der Waals surface area contributed by atoms with E-state index in [1.807, 2.05) is 74.5 Å². The van der Waals surface area contributed by atoms with Crippen molar-refractivity contribution in [3.63, 3.8) is 0 Å². The number of hydrogen-bond acceptors (Lipinski definition) is 5. The van der Waals surface area contributed by atoms with E-state index < -0.39 is 12.1 Å².